The zero-order chi connectivity index (χ0) is 17.4. The maximum Gasteiger partial charge on any atom is 0.257 e. The highest BCUT2D eigenvalue weighted by molar-refractivity contribution is 5.99. The summed E-state index contributed by atoms with van der Waals surface area (Å²) in [7, 11) is 0. The van der Waals surface area contributed by atoms with Crippen LogP contribution in [0.15, 0.2) is 54.6 Å². The summed E-state index contributed by atoms with van der Waals surface area (Å²) in [5.41, 5.74) is -1.35. The molecule has 0 saturated carbocycles. The van der Waals surface area contributed by atoms with E-state index in [0.717, 1.165) is 5.56 Å². The van der Waals surface area contributed by atoms with Crippen molar-refractivity contribution in [3.05, 3.63) is 71.3 Å². The quantitative estimate of drug-likeness (QED) is 0.888. The Hall–Kier alpha value is -2.17. The largest absolute Gasteiger partial charge is 0.385 e. The number of rotatable bonds is 5. The molecule has 0 bridgehead atoms. The molecule has 0 saturated heterocycles. The fraction of sp³-hybridized carbons (Fsp3) is 0.350. The summed E-state index contributed by atoms with van der Waals surface area (Å²) in [4.78, 5) is 14.3. The lowest BCUT2D eigenvalue weighted by molar-refractivity contribution is -0.219. The molecule has 0 aromatic heterocycles. The third kappa shape index (κ3) is 2.43. The van der Waals surface area contributed by atoms with Gasteiger partial charge < -0.3 is 10.2 Å². The van der Waals surface area contributed by atoms with Gasteiger partial charge in [0.05, 0.1) is 0 Å². The van der Waals surface area contributed by atoms with Gasteiger partial charge in [0, 0.05) is 17.7 Å². The van der Waals surface area contributed by atoms with Crippen LogP contribution in [-0.4, -0.2) is 26.6 Å². The van der Waals surface area contributed by atoms with Crippen LogP contribution in [0.5, 0.6) is 0 Å². The summed E-state index contributed by atoms with van der Waals surface area (Å²) in [5, 5.41) is 22.6. The Morgan fingerprint density at radius 2 is 1.71 bits per heavy atom. The summed E-state index contributed by atoms with van der Waals surface area (Å²) < 4.78 is 0. The Morgan fingerprint density at radius 3 is 2.38 bits per heavy atom. The zero-order valence-electron chi connectivity index (χ0n) is 14.1. The number of carbonyl (C=O) groups is 1. The predicted molar refractivity (Wildman–Crippen MR) is 92.2 cm³/mol. The first kappa shape index (κ1) is 16.7. The van der Waals surface area contributed by atoms with Gasteiger partial charge >= 0.3 is 0 Å². The van der Waals surface area contributed by atoms with E-state index in [1.54, 1.807) is 31.2 Å². The Morgan fingerprint density at radius 1 is 1.08 bits per heavy atom. The van der Waals surface area contributed by atoms with Gasteiger partial charge in [-0.15, -0.1) is 0 Å². The van der Waals surface area contributed by atoms with Crippen molar-refractivity contribution in [1.29, 1.82) is 0 Å². The fourth-order valence-corrected chi connectivity index (χ4v) is 3.61. The van der Waals surface area contributed by atoms with Crippen molar-refractivity contribution >= 4 is 5.91 Å². The maximum atomic E-state index is 12.9. The summed E-state index contributed by atoms with van der Waals surface area (Å²) in [6, 6.07) is 16.5. The molecule has 1 amide bonds. The first-order valence-corrected chi connectivity index (χ1v) is 8.32. The highest BCUT2D eigenvalue weighted by Crippen LogP contribution is 2.46. The molecule has 126 valence electrons. The van der Waals surface area contributed by atoms with Crippen LogP contribution in [0.4, 0.5) is 0 Å². The first-order valence-electron chi connectivity index (χ1n) is 8.32. The monoisotopic (exact) mass is 325 g/mol. The van der Waals surface area contributed by atoms with Crippen LogP contribution < -0.4 is 0 Å². The van der Waals surface area contributed by atoms with Gasteiger partial charge in [-0.05, 0) is 25.0 Å². The Bertz CT molecular complexity index is 742. The van der Waals surface area contributed by atoms with E-state index in [1.807, 2.05) is 37.3 Å². The van der Waals surface area contributed by atoms with Crippen LogP contribution >= 0.6 is 0 Å². The average molecular weight is 325 g/mol. The minimum atomic E-state index is -1.74. The smallest absolute Gasteiger partial charge is 0.257 e. The van der Waals surface area contributed by atoms with E-state index in [9.17, 15) is 15.0 Å². The molecule has 1 heterocycles. The number of carbonyl (C=O) groups excluding carboxylic acids is 1. The molecular formula is C20H23NO3. The van der Waals surface area contributed by atoms with E-state index in [1.165, 1.54) is 4.90 Å². The van der Waals surface area contributed by atoms with Crippen molar-refractivity contribution in [2.24, 2.45) is 0 Å². The number of nitrogens with zero attached hydrogens (tertiary/aromatic N) is 1. The van der Waals surface area contributed by atoms with Gasteiger partial charge in [-0.3, -0.25) is 9.69 Å². The van der Waals surface area contributed by atoms with Crippen LogP contribution in [-0.2, 0) is 12.3 Å². The van der Waals surface area contributed by atoms with Crippen molar-refractivity contribution in [2.75, 3.05) is 0 Å². The van der Waals surface area contributed by atoms with E-state index in [2.05, 4.69) is 0 Å². The molecule has 1 aliphatic heterocycles. The van der Waals surface area contributed by atoms with Crippen LogP contribution in [0.3, 0.4) is 0 Å². The minimum Gasteiger partial charge on any atom is -0.385 e. The molecule has 0 radical (unpaired) electrons. The van der Waals surface area contributed by atoms with Crippen LogP contribution in [0.25, 0.3) is 0 Å². The standard InChI is InChI=1S/C20H23NO3/c1-3-13-19(2,23)20(24)17-12-8-7-11-16(17)18(22)21(20)14-15-9-5-4-6-10-15/h4-12,23-24H,3,13-14H2,1-2H3. The van der Waals surface area contributed by atoms with Crippen LogP contribution in [0.2, 0.25) is 0 Å². The Labute approximate surface area is 142 Å². The van der Waals surface area contributed by atoms with Crippen molar-refractivity contribution in [3.63, 3.8) is 0 Å². The molecule has 0 fully saturated rings. The number of benzene rings is 2. The predicted octanol–water partition coefficient (Wildman–Crippen LogP) is 3.04. The SMILES string of the molecule is CCCC(C)(O)C1(O)c2ccccc2C(=O)N1Cc1ccccc1. The van der Waals surface area contributed by atoms with E-state index in [0.29, 0.717) is 24.0 Å². The van der Waals surface area contributed by atoms with E-state index in [4.69, 9.17) is 0 Å². The lowest BCUT2D eigenvalue weighted by Crippen LogP contribution is -2.58. The van der Waals surface area contributed by atoms with Gasteiger partial charge in [-0.1, -0.05) is 61.9 Å². The second kappa shape index (κ2) is 6.04. The summed E-state index contributed by atoms with van der Waals surface area (Å²) in [6.07, 6.45) is 1.08. The molecule has 2 unspecified atom stereocenters. The minimum absolute atomic E-state index is 0.241. The van der Waals surface area contributed by atoms with Gasteiger partial charge in [0.25, 0.3) is 5.91 Å². The highest BCUT2D eigenvalue weighted by Gasteiger charge is 2.58. The van der Waals surface area contributed by atoms with Gasteiger partial charge in [0.2, 0.25) is 0 Å². The van der Waals surface area contributed by atoms with Crippen LogP contribution in [0, 0.1) is 0 Å². The molecule has 0 aliphatic carbocycles. The number of hydrogen-bond acceptors (Lipinski definition) is 3. The summed E-state index contributed by atoms with van der Waals surface area (Å²) in [6.45, 7) is 3.79. The molecule has 3 rings (SSSR count). The highest BCUT2D eigenvalue weighted by atomic mass is 16.4. The molecule has 2 aromatic carbocycles. The lowest BCUT2D eigenvalue weighted by atomic mass is 9.82. The van der Waals surface area contributed by atoms with Gasteiger partial charge in [0.1, 0.15) is 5.60 Å². The van der Waals surface area contributed by atoms with E-state index < -0.39 is 11.3 Å². The number of fused-ring (bicyclic) bond motifs is 1. The molecule has 2 N–H and O–H groups in total. The number of aliphatic hydroxyl groups is 2. The molecule has 4 nitrogen and oxygen atoms in total. The van der Waals surface area contributed by atoms with Crippen molar-refractivity contribution in [2.45, 2.75) is 44.6 Å². The van der Waals surface area contributed by atoms with E-state index in [-0.39, 0.29) is 12.5 Å². The Kier molecular flexibility index (Phi) is 4.20. The number of hydrogen-bond donors (Lipinski definition) is 2. The topological polar surface area (TPSA) is 60.8 Å². The van der Waals surface area contributed by atoms with Crippen LogP contribution in [0.1, 0.15) is 48.2 Å². The van der Waals surface area contributed by atoms with Gasteiger partial charge in [-0.2, -0.15) is 0 Å². The van der Waals surface area contributed by atoms with Crippen molar-refractivity contribution in [1.82, 2.24) is 4.90 Å². The second-order valence-corrected chi connectivity index (χ2v) is 6.62. The van der Waals surface area contributed by atoms with E-state index >= 15 is 0 Å². The van der Waals surface area contributed by atoms with Crippen molar-refractivity contribution in [3.8, 4) is 0 Å². The second-order valence-electron chi connectivity index (χ2n) is 6.62. The average Bonchev–Trinajstić information content (AvgIpc) is 2.80. The lowest BCUT2D eigenvalue weighted by Gasteiger charge is -2.44. The number of amides is 1. The van der Waals surface area contributed by atoms with Gasteiger partial charge in [0.15, 0.2) is 5.72 Å². The van der Waals surface area contributed by atoms with Crippen molar-refractivity contribution < 1.29 is 15.0 Å². The summed E-state index contributed by atoms with van der Waals surface area (Å²) in [5.74, 6) is -0.256. The molecule has 24 heavy (non-hydrogen) atoms. The fourth-order valence-electron chi connectivity index (χ4n) is 3.61. The molecule has 2 atom stereocenters. The molecule has 1 aliphatic rings. The van der Waals surface area contributed by atoms with Gasteiger partial charge in [-0.25, -0.2) is 0 Å². The third-order valence-corrected chi connectivity index (χ3v) is 4.84. The summed E-state index contributed by atoms with van der Waals surface area (Å²) >= 11 is 0. The third-order valence-electron chi connectivity index (χ3n) is 4.84. The zero-order valence-corrected chi connectivity index (χ0v) is 14.1. The normalized spacial score (nSPS) is 22.3. The molecule has 4 heteroatoms. The maximum absolute atomic E-state index is 12.9. The first-order chi connectivity index (χ1) is 11.4. The molecule has 0 spiro atoms. The Balaban J connectivity index is 2.11. The molecular weight excluding hydrogens is 302 g/mol. The molecule has 2 aromatic rings.